The second kappa shape index (κ2) is 12.4. The van der Waals surface area contributed by atoms with Gasteiger partial charge in [0.05, 0.1) is 13.2 Å². The van der Waals surface area contributed by atoms with Gasteiger partial charge in [0.1, 0.15) is 0 Å². The number of hydrogen-bond donors (Lipinski definition) is 2. The van der Waals surface area contributed by atoms with Gasteiger partial charge in [-0.2, -0.15) is 0 Å². The van der Waals surface area contributed by atoms with E-state index in [2.05, 4.69) is 20.5 Å². The molecule has 0 aromatic heterocycles. The number of benzene rings is 1. The zero-order valence-electron chi connectivity index (χ0n) is 16.3. The van der Waals surface area contributed by atoms with Gasteiger partial charge in [-0.25, -0.2) is 0 Å². The SMILES string of the molecule is CCNC(=NCCC(=O)Nc1cccc(Cl)c1C)N(C)CC1CCOC1.I. The Balaban J connectivity index is 0.00000364. The molecule has 0 aliphatic carbocycles. The lowest BCUT2D eigenvalue weighted by atomic mass is 10.1. The molecule has 0 bridgehead atoms. The number of carbonyl (C=O) groups excluding carboxylic acids is 1. The van der Waals surface area contributed by atoms with Gasteiger partial charge in [0.2, 0.25) is 5.91 Å². The lowest BCUT2D eigenvalue weighted by Gasteiger charge is -2.24. The Morgan fingerprint density at radius 2 is 2.22 bits per heavy atom. The summed E-state index contributed by atoms with van der Waals surface area (Å²) < 4.78 is 5.44. The van der Waals surface area contributed by atoms with Crippen LogP contribution in [0.5, 0.6) is 0 Å². The van der Waals surface area contributed by atoms with Crippen molar-refractivity contribution < 1.29 is 9.53 Å². The van der Waals surface area contributed by atoms with Crippen molar-refractivity contribution >= 4 is 53.1 Å². The summed E-state index contributed by atoms with van der Waals surface area (Å²) >= 11 is 6.09. The Hall–Kier alpha value is -1.06. The van der Waals surface area contributed by atoms with Crippen LogP contribution in [0, 0.1) is 12.8 Å². The zero-order valence-corrected chi connectivity index (χ0v) is 19.3. The Morgan fingerprint density at radius 3 is 2.89 bits per heavy atom. The van der Waals surface area contributed by atoms with Gasteiger partial charge in [-0.05, 0) is 38.0 Å². The molecule has 8 heteroatoms. The first-order valence-corrected chi connectivity index (χ1v) is 9.51. The highest BCUT2D eigenvalue weighted by Crippen LogP contribution is 2.22. The summed E-state index contributed by atoms with van der Waals surface area (Å²) in [7, 11) is 2.02. The number of ether oxygens (including phenoxy) is 1. The minimum atomic E-state index is -0.0678. The lowest BCUT2D eigenvalue weighted by molar-refractivity contribution is -0.116. The third kappa shape index (κ3) is 7.83. The van der Waals surface area contributed by atoms with Crippen molar-refractivity contribution in [2.45, 2.75) is 26.7 Å². The molecule has 1 amide bonds. The van der Waals surface area contributed by atoms with Crippen LogP contribution < -0.4 is 10.6 Å². The Labute approximate surface area is 184 Å². The molecule has 1 aromatic rings. The van der Waals surface area contributed by atoms with Gasteiger partial charge in [0.25, 0.3) is 0 Å². The van der Waals surface area contributed by atoms with E-state index in [1.165, 1.54) is 0 Å². The molecule has 1 unspecified atom stereocenters. The number of hydrogen-bond acceptors (Lipinski definition) is 3. The average molecular weight is 509 g/mol. The van der Waals surface area contributed by atoms with E-state index in [0.717, 1.165) is 49.9 Å². The monoisotopic (exact) mass is 508 g/mol. The van der Waals surface area contributed by atoms with Crippen molar-refractivity contribution in [1.29, 1.82) is 0 Å². The third-order valence-electron chi connectivity index (χ3n) is 4.39. The normalized spacial score (nSPS) is 16.6. The van der Waals surface area contributed by atoms with E-state index in [1.54, 1.807) is 0 Å². The molecule has 1 aliphatic heterocycles. The molecule has 1 aliphatic rings. The fourth-order valence-electron chi connectivity index (χ4n) is 2.89. The topological polar surface area (TPSA) is 66.0 Å². The molecule has 2 N–H and O–H groups in total. The van der Waals surface area contributed by atoms with Crippen molar-refractivity contribution in [2.24, 2.45) is 10.9 Å². The van der Waals surface area contributed by atoms with Crippen LogP contribution in [0.4, 0.5) is 5.69 Å². The summed E-state index contributed by atoms with van der Waals surface area (Å²) in [5.41, 5.74) is 1.62. The minimum absolute atomic E-state index is 0. The summed E-state index contributed by atoms with van der Waals surface area (Å²) in [6, 6.07) is 5.49. The maximum atomic E-state index is 12.2. The van der Waals surface area contributed by atoms with Crippen molar-refractivity contribution in [3.05, 3.63) is 28.8 Å². The van der Waals surface area contributed by atoms with Gasteiger partial charge in [-0.3, -0.25) is 9.79 Å². The quantitative estimate of drug-likeness (QED) is 0.336. The average Bonchev–Trinajstić information content (AvgIpc) is 3.11. The van der Waals surface area contributed by atoms with Crippen LogP contribution in [0.2, 0.25) is 5.02 Å². The molecule has 27 heavy (non-hydrogen) atoms. The highest BCUT2D eigenvalue weighted by atomic mass is 127. The highest BCUT2D eigenvalue weighted by Gasteiger charge is 2.19. The summed E-state index contributed by atoms with van der Waals surface area (Å²) in [4.78, 5) is 18.9. The summed E-state index contributed by atoms with van der Waals surface area (Å²) in [5, 5.41) is 6.83. The molecule has 1 heterocycles. The van der Waals surface area contributed by atoms with Crippen LogP contribution in [0.25, 0.3) is 0 Å². The van der Waals surface area contributed by atoms with Gasteiger partial charge in [-0.15, -0.1) is 24.0 Å². The molecular weight excluding hydrogens is 479 g/mol. The third-order valence-corrected chi connectivity index (χ3v) is 4.80. The largest absolute Gasteiger partial charge is 0.381 e. The number of nitrogens with zero attached hydrogens (tertiary/aromatic N) is 2. The van der Waals surface area contributed by atoms with Crippen LogP contribution in [0.3, 0.4) is 0 Å². The minimum Gasteiger partial charge on any atom is -0.381 e. The van der Waals surface area contributed by atoms with Gasteiger partial charge in [-0.1, -0.05) is 17.7 Å². The van der Waals surface area contributed by atoms with Crippen LogP contribution >= 0.6 is 35.6 Å². The standard InChI is InChI=1S/C19H29ClN4O2.HI/c1-4-21-19(24(3)12-15-9-11-26-13-15)22-10-8-18(25)23-17-7-5-6-16(20)14(17)2;/h5-7,15H,4,8-13H2,1-3H3,(H,21,22)(H,23,25);1H. The number of nitrogens with one attached hydrogen (secondary N) is 2. The van der Waals surface area contributed by atoms with Crippen LogP contribution in [0.15, 0.2) is 23.2 Å². The molecule has 1 atom stereocenters. The maximum Gasteiger partial charge on any atom is 0.226 e. The zero-order chi connectivity index (χ0) is 18.9. The Morgan fingerprint density at radius 1 is 1.44 bits per heavy atom. The van der Waals surface area contributed by atoms with Gasteiger partial charge < -0.3 is 20.3 Å². The predicted molar refractivity (Wildman–Crippen MR) is 122 cm³/mol. The van der Waals surface area contributed by atoms with Crippen LogP contribution in [-0.2, 0) is 9.53 Å². The first-order valence-electron chi connectivity index (χ1n) is 9.13. The van der Waals surface area contributed by atoms with E-state index in [0.29, 0.717) is 23.9 Å². The second-order valence-electron chi connectivity index (χ2n) is 6.56. The smallest absolute Gasteiger partial charge is 0.226 e. The molecule has 2 rings (SSSR count). The molecular formula is C19H30ClIN4O2. The van der Waals surface area contributed by atoms with E-state index >= 15 is 0 Å². The van der Waals surface area contributed by atoms with Crippen LogP contribution in [-0.4, -0.2) is 56.7 Å². The number of rotatable bonds is 7. The summed E-state index contributed by atoms with van der Waals surface area (Å²) in [6.07, 6.45) is 1.41. The van der Waals surface area contributed by atoms with Gasteiger partial charge >= 0.3 is 0 Å². The first-order chi connectivity index (χ1) is 12.5. The Bertz CT molecular complexity index is 636. The van der Waals surface area contributed by atoms with Crippen molar-refractivity contribution in [3.63, 3.8) is 0 Å². The van der Waals surface area contributed by atoms with Gasteiger partial charge in [0.15, 0.2) is 5.96 Å². The first kappa shape index (κ1) is 24.0. The summed E-state index contributed by atoms with van der Waals surface area (Å²) in [5.74, 6) is 1.30. The fourth-order valence-corrected chi connectivity index (χ4v) is 3.06. The van der Waals surface area contributed by atoms with Crippen molar-refractivity contribution in [1.82, 2.24) is 10.2 Å². The molecule has 6 nitrogen and oxygen atoms in total. The lowest BCUT2D eigenvalue weighted by Crippen LogP contribution is -2.41. The van der Waals surface area contributed by atoms with E-state index in [-0.39, 0.29) is 29.9 Å². The number of aliphatic imine (C=N–C) groups is 1. The van der Waals surface area contributed by atoms with Gasteiger partial charge in [0, 0.05) is 49.8 Å². The van der Waals surface area contributed by atoms with Crippen LogP contribution in [0.1, 0.15) is 25.3 Å². The molecule has 1 aromatic carbocycles. The molecule has 0 saturated carbocycles. The molecule has 152 valence electrons. The number of carbonyl (C=O) groups is 1. The molecule has 1 saturated heterocycles. The number of halogens is 2. The summed E-state index contributed by atoms with van der Waals surface area (Å²) in [6.45, 7) is 7.70. The van der Waals surface area contributed by atoms with E-state index in [9.17, 15) is 4.79 Å². The van der Waals surface area contributed by atoms with E-state index < -0.39 is 0 Å². The number of anilines is 1. The number of guanidine groups is 1. The maximum absolute atomic E-state index is 12.2. The van der Waals surface area contributed by atoms with Crippen molar-refractivity contribution in [2.75, 3.05) is 45.2 Å². The van der Waals surface area contributed by atoms with Crippen molar-refractivity contribution in [3.8, 4) is 0 Å². The molecule has 0 spiro atoms. The fraction of sp³-hybridized carbons (Fsp3) is 0.579. The Kier molecular flexibility index (Phi) is 11.0. The number of amides is 1. The molecule has 0 radical (unpaired) electrons. The van der Waals surface area contributed by atoms with E-state index in [4.69, 9.17) is 16.3 Å². The second-order valence-corrected chi connectivity index (χ2v) is 6.96. The predicted octanol–water partition coefficient (Wildman–Crippen LogP) is 3.53. The van der Waals surface area contributed by atoms with E-state index in [1.807, 2.05) is 39.1 Å². The molecule has 1 fully saturated rings. The highest BCUT2D eigenvalue weighted by molar-refractivity contribution is 14.0.